The third-order valence-electron chi connectivity index (χ3n) is 2.13. The molecule has 0 unspecified atom stereocenters. The molecule has 1 heterocycles. The molecule has 2 N–H and O–H groups in total. The molecule has 0 saturated carbocycles. The van der Waals surface area contributed by atoms with E-state index >= 15 is 0 Å². The number of nitrogens with two attached hydrogens (primary N) is 1. The molecule has 15 heavy (non-hydrogen) atoms. The van der Waals surface area contributed by atoms with Crippen molar-refractivity contribution in [2.45, 2.75) is 6.54 Å². The van der Waals surface area contributed by atoms with Crippen LogP contribution in [0.3, 0.4) is 0 Å². The molecular formula is C11H11Cl2NS. The topological polar surface area (TPSA) is 26.0 Å². The second-order valence-corrected chi connectivity index (χ2v) is 4.18. The quantitative estimate of drug-likeness (QED) is 0.869. The third-order valence-corrected chi connectivity index (χ3v) is 3.13. The predicted octanol–water partition coefficient (Wildman–Crippen LogP) is 3.95. The fourth-order valence-corrected chi connectivity index (χ4v) is 2.42. The summed E-state index contributed by atoms with van der Waals surface area (Å²) in [5.41, 5.74) is 8.99. The fourth-order valence-electron chi connectivity index (χ4n) is 1.47. The predicted molar refractivity (Wildman–Crippen MR) is 69.9 cm³/mol. The van der Waals surface area contributed by atoms with Gasteiger partial charge in [0.25, 0.3) is 0 Å². The molecule has 0 bridgehead atoms. The Morgan fingerprint density at radius 3 is 2.67 bits per heavy atom. The van der Waals surface area contributed by atoms with Crippen LogP contribution < -0.4 is 5.73 Å². The van der Waals surface area contributed by atoms with E-state index in [1.165, 1.54) is 0 Å². The Kier molecular flexibility index (Phi) is 4.61. The first-order valence-corrected chi connectivity index (χ1v) is 5.65. The van der Waals surface area contributed by atoms with Gasteiger partial charge in [0.1, 0.15) is 0 Å². The summed E-state index contributed by atoms with van der Waals surface area (Å²) in [5.74, 6) is 0. The van der Waals surface area contributed by atoms with Crippen LogP contribution in [0, 0.1) is 0 Å². The molecule has 0 atom stereocenters. The molecule has 0 aliphatic rings. The van der Waals surface area contributed by atoms with Gasteiger partial charge in [0.05, 0.1) is 0 Å². The van der Waals surface area contributed by atoms with Gasteiger partial charge in [-0.2, -0.15) is 11.3 Å². The smallest absolute Gasteiger partial charge is 0.0487 e. The van der Waals surface area contributed by atoms with Crippen LogP contribution in [-0.4, -0.2) is 0 Å². The summed E-state index contributed by atoms with van der Waals surface area (Å²) >= 11 is 7.81. The van der Waals surface area contributed by atoms with Crippen molar-refractivity contribution < 1.29 is 0 Å². The van der Waals surface area contributed by atoms with Crippen LogP contribution in [0.15, 0.2) is 35.0 Å². The first kappa shape index (κ1) is 12.5. The molecule has 1 aromatic carbocycles. The van der Waals surface area contributed by atoms with Crippen molar-refractivity contribution in [3.8, 4) is 11.1 Å². The molecule has 0 aliphatic carbocycles. The average Bonchev–Trinajstić information content (AvgIpc) is 2.70. The molecule has 0 spiro atoms. The van der Waals surface area contributed by atoms with Gasteiger partial charge in [0.2, 0.25) is 0 Å². The van der Waals surface area contributed by atoms with Gasteiger partial charge in [-0.1, -0.05) is 23.7 Å². The zero-order valence-electron chi connectivity index (χ0n) is 7.94. The fraction of sp³-hybridized carbons (Fsp3) is 0.0909. The minimum absolute atomic E-state index is 0. The summed E-state index contributed by atoms with van der Waals surface area (Å²) < 4.78 is 0. The lowest BCUT2D eigenvalue weighted by Crippen LogP contribution is -1.98. The Hall–Kier alpha value is -0.540. The van der Waals surface area contributed by atoms with Gasteiger partial charge in [0, 0.05) is 17.1 Å². The largest absolute Gasteiger partial charge is 0.326 e. The third kappa shape index (κ3) is 2.52. The number of hydrogen-bond donors (Lipinski definition) is 1. The van der Waals surface area contributed by atoms with Crippen LogP contribution in [0.2, 0.25) is 5.02 Å². The molecule has 2 aromatic rings. The summed E-state index contributed by atoms with van der Waals surface area (Å²) in [5, 5.41) is 4.89. The number of hydrogen-bond acceptors (Lipinski definition) is 2. The summed E-state index contributed by atoms with van der Waals surface area (Å²) in [7, 11) is 0. The van der Waals surface area contributed by atoms with Gasteiger partial charge in [-0.3, -0.25) is 0 Å². The van der Waals surface area contributed by atoms with E-state index in [9.17, 15) is 0 Å². The van der Waals surface area contributed by atoms with Crippen molar-refractivity contribution in [1.29, 1.82) is 0 Å². The van der Waals surface area contributed by atoms with E-state index in [1.54, 1.807) is 11.3 Å². The van der Waals surface area contributed by atoms with E-state index in [0.29, 0.717) is 6.54 Å². The van der Waals surface area contributed by atoms with Gasteiger partial charge in [0.15, 0.2) is 0 Å². The maximum atomic E-state index is 6.15. The zero-order valence-corrected chi connectivity index (χ0v) is 10.3. The van der Waals surface area contributed by atoms with Crippen LogP contribution in [0.25, 0.3) is 11.1 Å². The number of rotatable bonds is 2. The SMILES string of the molecule is Cl.NCc1cccc(Cl)c1-c1ccsc1. The molecule has 1 nitrogen and oxygen atoms in total. The Labute approximate surface area is 104 Å². The van der Waals surface area contributed by atoms with Gasteiger partial charge in [-0.15, -0.1) is 12.4 Å². The maximum Gasteiger partial charge on any atom is 0.0487 e. The van der Waals surface area contributed by atoms with E-state index in [-0.39, 0.29) is 12.4 Å². The van der Waals surface area contributed by atoms with Crippen LogP contribution in [0.4, 0.5) is 0 Å². The van der Waals surface area contributed by atoms with Crippen LogP contribution >= 0.6 is 35.3 Å². The molecule has 1 aromatic heterocycles. The Morgan fingerprint density at radius 1 is 1.27 bits per heavy atom. The lowest BCUT2D eigenvalue weighted by atomic mass is 10.0. The van der Waals surface area contributed by atoms with Gasteiger partial charge >= 0.3 is 0 Å². The molecule has 0 fully saturated rings. The molecule has 0 saturated heterocycles. The summed E-state index contributed by atoms with van der Waals surface area (Å²) in [6, 6.07) is 7.90. The normalized spacial score (nSPS) is 9.73. The second kappa shape index (κ2) is 5.52. The van der Waals surface area contributed by atoms with Crippen molar-refractivity contribution in [2.75, 3.05) is 0 Å². The molecule has 0 amide bonds. The van der Waals surface area contributed by atoms with E-state index in [1.807, 2.05) is 23.6 Å². The van der Waals surface area contributed by atoms with E-state index in [4.69, 9.17) is 17.3 Å². The van der Waals surface area contributed by atoms with Crippen molar-refractivity contribution in [3.63, 3.8) is 0 Å². The summed E-state index contributed by atoms with van der Waals surface area (Å²) in [6.45, 7) is 0.520. The summed E-state index contributed by atoms with van der Waals surface area (Å²) in [6.07, 6.45) is 0. The number of benzene rings is 1. The standard InChI is InChI=1S/C11H10ClNS.ClH/c12-10-3-1-2-8(6-13)11(10)9-4-5-14-7-9;/h1-5,7H,6,13H2;1H. The van der Waals surface area contributed by atoms with E-state index in [0.717, 1.165) is 21.7 Å². The molecule has 0 aliphatic heterocycles. The number of thiophene rings is 1. The molecule has 80 valence electrons. The van der Waals surface area contributed by atoms with Crippen molar-refractivity contribution in [2.24, 2.45) is 5.73 Å². The lowest BCUT2D eigenvalue weighted by molar-refractivity contribution is 1.07. The highest BCUT2D eigenvalue weighted by atomic mass is 35.5. The first-order valence-electron chi connectivity index (χ1n) is 4.33. The van der Waals surface area contributed by atoms with E-state index < -0.39 is 0 Å². The van der Waals surface area contributed by atoms with Crippen LogP contribution in [-0.2, 0) is 6.54 Å². The van der Waals surface area contributed by atoms with Crippen molar-refractivity contribution in [3.05, 3.63) is 45.6 Å². The second-order valence-electron chi connectivity index (χ2n) is 2.99. The maximum absolute atomic E-state index is 6.15. The first-order chi connectivity index (χ1) is 6.83. The number of halogens is 2. The highest BCUT2D eigenvalue weighted by molar-refractivity contribution is 7.08. The van der Waals surface area contributed by atoms with Crippen molar-refractivity contribution >= 4 is 35.3 Å². The Bertz CT molecular complexity index is 426. The highest BCUT2D eigenvalue weighted by Crippen LogP contribution is 2.32. The molecule has 2 rings (SSSR count). The van der Waals surface area contributed by atoms with E-state index in [2.05, 4.69) is 11.4 Å². The van der Waals surface area contributed by atoms with Crippen LogP contribution in [0.5, 0.6) is 0 Å². The highest BCUT2D eigenvalue weighted by Gasteiger charge is 2.07. The molecule has 4 heteroatoms. The van der Waals surface area contributed by atoms with Gasteiger partial charge < -0.3 is 5.73 Å². The zero-order chi connectivity index (χ0) is 9.97. The summed E-state index contributed by atoms with van der Waals surface area (Å²) in [4.78, 5) is 0. The molecular weight excluding hydrogens is 249 g/mol. The Morgan fingerprint density at radius 2 is 2.07 bits per heavy atom. The minimum Gasteiger partial charge on any atom is -0.326 e. The van der Waals surface area contributed by atoms with Gasteiger partial charge in [-0.25, -0.2) is 0 Å². The van der Waals surface area contributed by atoms with Crippen molar-refractivity contribution in [1.82, 2.24) is 0 Å². The Balaban J connectivity index is 0.00000112. The average molecular weight is 260 g/mol. The monoisotopic (exact) mass is 259 g/mol. The van der Waals surface area contributed by atoms with Gasteiger partial charge in [-0.05, 0) is 34.0 Å². The molecule has 0 radical (unpaired) electrons. The lowest BCUT2D eigenvalue weighted by Gasteiger charge is -2.07. The minimum atomic E-state index is 0. The van der Waals surface area contributed by atoms with Crippen LogP contribution in [0.1, 0.15) is 5.56 Å².